The van der Waals surface area contributed by atoms with Crippen LogP contribution in [0, 0.1) is 6.92 Å². The van der Waals surface area contributed by atoms with Crippen molar-refractivity contribution < 1.29 is 13.9 Å². The van der Waals surface area contributed by atoms with Crippen LogP contribution in [0.3, 0.4) is 0 Å². The second-order valence-corrected chi connectivity index (χ2v) is 6.31. The molecule has 1 aromatic heterocycles. The summed E-state index contributed by atoms with van der Waals surface area (Å²) >= 11 is 0. The monoisotopic (exact) mass is 343 g/mol. The van der Waals surface area contributed by atoms with Crippen molar-refractivity contribution >= 4 is 11.7 Å². The Morgan fingerprint density at radius 3 is 2.84 bits per heavy atom. The quantitative estimate of drug-likeness (QED) is 0.925. The van der Waals surface area contributed by atoms with Crippen LogP contribution in [-0.4, -0.2) is 49.1 Å². The van der Waals surface area contributed by atoms with E-state index in [9.17, 15) is 4.79 Å². The lowest BCUT2D eigenvalue weighted by Gasteiger charge is -2.22. The Hall–Kier alpha value is -2.47. The van der Waals surface area contributed by atoms with E-state index in [1.54, 1.807) is 13.4 Å². The first kappa shape index (κ1) is 17.4. The molecule has 2 aromatic rings. The molecule has 1 aliphatic heterocycles. The summed E-state index contributed by atoms with van der Waals surface area (Å²) in [5.74, 6) is 1.76. The number of rotatable bonds is 4. The Morgan fingerprint density at radius 2 is 2.12 bits per heavy atom. The van der Waals surface area contributed by atoms with Gasteiger partial charge in [0.25, 0.3) is 0 Å². The standard InChI is InChI=1S/C19H25N3O3/c1-15-13-16(24-2)6-7-18(15)20-19(23)22-9-4-8-21(10-11-22)14-17-5-3-12-25-17/h3,5-7,12-13H,4,8-11,14H2,1-2H3,(H,20,23). The molecule has 134 valence electrons. The molecular formula is C19H25N3O3. The minimum Gasteiger partial charge on any atom is -0.497 e. The number of aryl methyl sites for hydroxylation is 1. The number of carbonyl (C=O) groups is 1. The van der Waals surface area contributed by atoms with E-state index < -0.39 is 0 Å². The second kappa shape index (κ2) is 8.07. The maximum atomic E-state index is 12.6. The van der Waals surface area contributed by atoms with Gasteiger partial charge in [-0.2, -0.15) is 0 Å². The van der Waals surface area contributed by atoms with Gasteiger partial charge < -0.3 is 19.4 Å². The van der Waals surface area contributed by atoms with Crippen molar-refractivity contribution in [3.05, 3.63) is 47.9 Å². The molecule has 1 N–H and O–H groups in total. The summed E-state index contributed by atoms with van der Waals surface area (Å²) in [7, 11) is 1.64. The summed E-state index contributed by atoms with van der Waals surface area (Å²) in [4.78, 5) is 16.8. The molecular weight excluding hydrogens is 318 g/mol. The second-order valence-electron chi connectivity index (χ2n) is 6.31. The van der Waals surface area contributed by atoms with Gasteiger partial charge >= 0.3 is 6.03 Å². The smallest absolute Gasteiger partial charge is 0.321 e. The fourth-order valence-corrected chi connectivity index (χ4v) is 3.05. The molecule has 2 heterocycles. The fourth-order valence-electron chi connectivity index (χ4n) is 3.05. The minimum atomic E-state index is -0.0480. The van der Waals surface area contributed by atoms with E-state index in [0.29, 0.717) is 6.54 Å². The van der Waals surface area contributed by atoms with Gasteiger partial charge in [-0.15, -0.1) is 0 Å². The van der Waals surface area contributed by atoms with Crippen molar-refractivity contribution in [1.82, 2.24) is 9.80 Å². The van der Waals surface area contributed by atoms with Gasteiger partial charge in [0.05, 0.1) is 19.9 Å². The first-order chi connectivity index (χ1) is 12.2. The summed E-state index contributed by atoms with van der Waals surface area (Å²) in [6, 6.07) is 9.51. The molecule has 1 aliphatic rings. The lowest BCUT2D eigenvalue weighted by molar-refractivity contribution is 0.209. The lowest BCUT2D eigenvalue weighted by Crippen LogP contribution is -2.38. The fraction of sp³-hybridized carbons (Fsp3) is 0.421. The van der Waals surface area contributed by atoms with Gasteiger partial charge in [-0.05, 0) is 49.2 Å². The van der Waals surface area contributed by atoms with Gasteiger partial charge in [0.15, 0.2) is 0 Å². The van der Waals surface area contributed by atoms with Crippen molar-refractivity contribution in [3.8, 4) is 5.75 Å². The molecule has 1 saturated heterocycles. The Bertz CT molecular complexity index is 700. The molecule has 0 unspecified atom stereocenters. The molecule has 0 spiro atoms. The molecule has 1 aromatic carbocycles. The zero-order chi connectivity index (χ0) is 17.6. The zero-order valence-electron chi connectivity index (χ0n) is 14.8. The Labute approximate surface area is 148 Å². The number of ether oxygens (including phenoxy) is 1. The number of methoxy groups -OCH3 is 1. The van der Waals surface area contributed by atoms with E-state index in [1.807, 2.05) is 42.2 Å². The predicted molar refractivity (Wildman–Crippen MR) is 96.9 cm³/mol. The van der Waals surface area contributed by atoms with Crippen LogP contribution in [-0.2, 0) is 6.54 Å². The van der Waals surface area contributed by atoms with Crippen molar-refractivity contribution in [2.45, 2.75) is 19.9 Å². The topological polar surface area (TPSA) is 58.0 Å². The zero-order valence-corrected chi connectivity index (χ0v) is 14.8. The number of hydrogen-bond donors (Lipinski definition) is 1. The number of amides is 2. The number of benzene rings is 1. The Kier molecular flexibility index (Phi) is 5.60. The van der Waals surface area contributed by atoms with Gasteiger partial charge in [0, 0.05) is 31.9 Å². The highest BCUT2D eigenvalue weighted by Gasteiger charge is 2.20. The van der Waals surface area contributed by atoms with E-state index in [2.05, 4.69) is 10.2 Å². The Morgan fingerprint density at radius 1 is 1.24 bits per heavy atom. The van der Waals surface area contributed by atoms with Gasteiger partial charge in [-0.3, -0.25) is 4.90 Å². The van der Waals surface area contributed by atoms with Crippen molar-refractivity contribution in [1.29, 1.82) is 0 Å². The van der Waals surface area contributed by atoms with Gasteiger partial charge in [0.1, 0.15) is 11.5 Å². The van der Waals surface area contributed by atoms with Crippen LogP contribution >= 0.6 is 0 Å². The third-order valence-electron chi connectivity index (χ3n) is 4.51. The highest BCUT2D eigenvalue weighted by molar-refractivity contribution is 5.90. The van der Waals surface area contributed by atoms with E-state index in [-0.39, 0.29) is 6.03 Å². The molecule has 0 radical (unpaired) electrons. The number of furan rings is 1. The van der Waals surface area contributed by atoms with Crippen molar-refractivity contribution in [3.63, 3.8) is 0 Å². The van der Waals surface area contributed by atoms with Crippen molar-refractivity contribution in [2.24, 2.45) is 0 Å². The van der Waals surface area contributed by atoms with Crippen LogP contribution in [0.4, 0.5) is 10.5 Å². The highest BCUT2D eigenvalue weighted by Crippen LogP contribution is 2.21. The van der Waals surface area contributed by atoms with E-state index in [4.69, 9.17) is 9.15 Å². The molecule has 6 heteroatoms. The van der Waals surface area contributed by atoms with Crippen LogP contribution in [0.15, 0.2) is 41.0 Å². The van der Waals surface area contributed by atoms with Crippen LogP contribution in [0.1, 0.15) is 17.7 Å². The molecule has 6 nitrogen and oxygen atoms in total. The summed E-state index contributed by atoms with van der Waals surface area (Å²) < 4.78 is 10.6. The molecule has 3 rings (SSSR count). The van der Waals surface area contributed by atoms with E-state index in [1.165, 1.54) is 0 Å². The lowest BCUT2D eigenvalue weighted by atomic mass is 10.2. The normalized spacial score (nSPS) is 15.7. The maximum Gasteiger partial charge on any atom is 0.321 e. The number of anilines is 1. The minimum absolute atomic E-state index is 0.0480. The third-order valence-corrected chi connectivity index (χ3v) is 4.51. The highest BCUT2D eigenvalue weighted by atomic mass is 16.5. The van der Waals surface area contributed by atoms with Crippen LogP contribution in [0.5, 0.6) is 5.75 Å². The molecule has 0 saturated carbocycles. The van der Waals surface area contributed by atoms with Gasteiger partial charge in [0.2, 0.25) is 0 Å². The van der Waals surface area contributed by atoms with E-state index >= 15 is 0 Å². The number of urea groups is 1. The average Bonchev–Trinajstić information content (AvgIpc) is 3.00. The van der Waals surface area contributed by atoms with Crippen LogP contribution in [0.2, 0.25) is 0 Å². The summed E-state index contributed by atoms with van der Waals surface area (Å²) in [5, 5.41) is 3.01. The summed E-state index contributed by atoms with van der Waals surface area (Å²) in [6.45, 7) is 6.03. The molecule has 25 heavy (non-hydrogen) atoms. The van der Waals surface area contributed by atoms with E-state index in [0.717, 1.165) is 55.4 Å². The number of carbonyl (C=O) groups excluding carboxylic acids is 1. The Balaban J connectivity index is 1.56. The summed E-state index contributed by atoms with van der Waals surface area (Å²) in [5.41, 5.74) is 1.81. The SMILES string of the molecule is COc1ccc(NC(=O)N2CCCN(Cc3ccco3)CC2)c(C)c1. The first-order valence-corrected chi connectivity index (χ1v) is 8.61. The molecule has 0 bridgehead atoms. The molecule has 1 fully saturated rings. The van der Waals surface area contributed by atoms with Gasteiger partial charge in [-0.25, -0.2) is 4.79 Å². The van der Waals surface area contributed by atoms with Crippen molar-refractivity contribution in [2.75, 3.05) is 38.6 Å². The van der Waals surface area contributed by atoms with Crippen LogP contribution < -0.4 is 10.1 Å². The third kappa shape index (κ3) is 4.54. The molecule has 0 aliphatic carbocycles. The van der Waals surface area contributed by atoms with Gasteiger partial charge in [-0.1, -0.05) is 0 Å². The number of hydrogen-bond acceptors (Lipinski definition) is 4. The average molecular weight is 343 g/mol. The summed E-state index contributed by atoms with van der Waals surface area (Å²) in [6.07, 6.45) is 2.65. The molecule has 0 atom stereocenters. The van der Waals surface area contributed by atoms with Crippen LogP contribution in [0.25, 0.3) is 0 Å². The first-order valence-electron chi connectivity index (χ1n) is 8.61. The number of nitrogens with one attached hydrogen (secondary N) is 1. The maximum absolute atomic E-state index is 12.6. The molecule has 2 amide bonds. The largest absolute Gasteiger partial charge is 0.497 e. The predicted octanol–water partition coefficient (Wildman–Crippen LogP) is 3.34. The number of nitrogens with zero attached hydrogens (tertiary/aromatic N) is 2.